The van der Waals surface area contributed by atoms with Gasteiger partial charge in [-0.15, -0.1) is 11.3 Å². The second-order valence-electron chi connectivity index (χ2n) is 29.0. The monoisotopic (exact) mass is 1700 g/mol. The third-order valence-corrected chi connectivity index (χ3v) is 18.6. The molecule has 674 valence electrons. The average molecular weight is 1700 g/mol. The number of hydrogen-bond acceptors (Lipinski definition) is 22. The minimum absolute atomic E-state index is 0.0532. The Labute approximate surface area is 728 Å². The van der Waals surface area contributed by atoms with Gasteiger partial charge >= 0.3 is 0 Å². The Balaban J connectivity index is 0.000000429. The molecule has 7 aliphatic carbocycles. The van der Waals surface area contributed by atoms with Crippen LogP contribution < -0.4 is 21.5 Å². The zero-order valence-electron chi connectivity index (χ0n) is 73.1. The number of H-pyrrole nitrogens is 6. The van der Waals surface area contributed by atoms with Crippen molar-refractivity contribution in [2.24, 2.45) is 11.8 Å². The predicted molar refractivity (Wildman–Crippen MR) is 488 cm³/mol. The lowest BCUT2D eigenvalue weighted by Crippen LogP contribution is -2.38. The number of nitrogens with one attached hydrogen (secondary N) is 9. The summed E-state index contributed by atoms with van der Waals surface area (Å²) in [5.41, 5.74) is 1.74. The summed E-state index contributed by atoms with van der Waals surface area (Å²) in [6.07, 6.45) is 84.4. The molecule has 121 heavy (non-hydrogen) atoms. The Morgan fingerprint density at radius 3 is 0.835 bits per heavy atom. The zero-order valence-corrected chi connectivity index (χ0v) is 73.9. The van der Waals surface area contributed by atoms with Crippen molar-refractivity contribution in [2.75, 3.05) is 98.8 Å². The van der Waals surface area contributed by atoms with Crippen LogP contribution in [0.25, 0.3) is 0 Å². The van der Waals surface area contributed by atoms with E-state index in [2.05, 4.69) is 107 Å². The van der Waals surface area contributed by atoms with Crippen molar-refractivity contribution in [3.8, 4) is 0 Å². The van der Waals surface area contributed by atoms with Gasteiger partial charge in [-0.3, -0.25) is 29.8 Å². The molecule has 15 fully saturated rings. The Bertz CT molecular complexity index is 2620. The molecule has 17 heterocycles. The third kappa shape index (κ3) is 93.2. The number of ether oxygens (including phenoxy) is 5. The number of carbonyl (C=O) groups is 1. The first-order chi connectivity index (χ1) is 60.2. The Morgan fingerprint density at radius 2 is 0.711 bits per heavy atom. The number of carbonyl (C=O) groups excluding carboxylic acids is 1. The number of aromatic amines is 6. The first-order valence-corrected chi connectivity index (χ1v) is 46.0. The number of rotatable bonds is 0. The van der Waals surface area contributed by atoms with Crippen molar-refractivity contribution in [1.82, 2.24) is 107 Å². The van der Waals surface area contributed by atoms with E-state index in [9.17, 15) is 9.59 Å². The predicted octanol–water partition coefficient (Wildman–Crippen LogP) is 18.8. The molecule has 10 aromatic rings. The molecule has 8 aliphatic heterocycles. The van der Waals surface area contributed by atoms with Crippen LogP contribution in [0.2, 0.25) is 0 Å². The molecular formula is C92H153N21O7S. The summed E-state index contributed by atoms with van der Waals surface area (Å²) in [7, 11) is 0. The van der Waals surface area contributed by atoms with Gasteiger partial charge < -0.3 is 49.6 Å². The minimum Gasteiger partial charge on any atom is -0.381 e. The number of thiazole rings is 1. The summed E-state index contributed by atoms with van der Waals surface area (Å²) in [6.45, 7) is 15.9. The molecule has 28 nitrogen and oxygen atoms in total. The van der Waals surface area contributed by atoms with Gasteiger partial charge in [0.15, 0.2) is 0 Å². The normalized spacial score (nSPS) is 18.0. The highest BCUT2D eigenvalue weighted by Gasteiger charge is 2.41. The standard InChI is InChI=1S/2C6H12.C6H6.C5H5NO.C5H5N.3C5H10O.C5H8.C4H4N2.C4H7NO.C4H9N.C4H8O.C4H8.2C3H4N2.C3H3NS.C3H7N.C3H6O.C3H6.3C2H3N3/c3*1-2-4-6-5-3-1;7-5-3-1-2-4-6-5;4*1-2-4-6-5-3-1;1-4-2-5(1)3-4;1-2-5-4-6-3-1;6-4-2-1-3-5-4;2*1-2-4-5-3-1;1-2-4-3-1;1-2-5-3-4-1;1-2-4-5-3-1;1-2-5-3-4-1;2*1-2-4-3-1;1-2-3-1;1-3-2-5-4-1;2*1-2-4-5-3-1/h2*1-6H2;1-6H;1-4H,(H,6,7);1-5H;3*1-5H2;4-5H,1-3H2;1-4H;1-3H2,(H,5,6);5H,1-4H2;1-4H2;1-4H2;2*1-3H,(H,4,5);1-3H;4H,1-3H2;1-3H2;1-3H2;3*1-2H,(H,3,4,5). The highest BCUT2D eigenvalue weighted by atomic mass is 32.1. The molecule has 29 heteroatoms. The maximum Gasteiger partial charge on any atom is 0.247 e. The summed E-state index contributed by atoms with van der Waals surface area (Å²) >= 11 is 1.60. The molecular weight excluding hydrogens is 1540 g/mol. The summed E-state index contributed by atoms with van der Waals surface area (Å²) in [4.78, 5) is 47.7. The number of benzene rings is 1. The fraction of sp³-hybridized carbons (Fsp3) is 0.609. The number of aromatic nitrogens is 18. The number of nitrogens with zero attached hydrogens (tertiary/aromatic N) is 12. The summed E-state index contributed by atoms with van der Waals surface area (Å²) in [6, 6.07) is 26.3. The van der Waals surface area contributed by atoms with E-state index in [4.69, 9.17) is 23.7 Å². The van der Waals surface area contributed by atoms with Crippen LogP contribution in [0, 0.1) is 11.8 Å². The van der Waals surface area contributed by atoms with E-state index >= 15 is 0 Å². The van der Waals surface area contributed by atoms with Crippen LogP contribution in [0.15, 0.2) is 213 Å². The van der Waals surface area contributed by atoms with Crippen molar-refractivity contribution < 1.29 is 28.5 Å². The molecule has 0 unspecified atom stereocenters. The van der Waals surface area contributed by atoms with Gasteiger partial charge in [-0.25, -0.2) is 19.9 Å². The number of imidazole rings is 1. The third-order valence-electron chi connectivity index (χ3n) is 18.1. The van der Waals surface area contributed by atoms with E-state index in [1.165, 1.54) is 281 Å². The quantitative estimate of drug-likeness (QED) is 0.0681. The Morgan fingerprint density at radius 1 is 0.298 bits per heavy atom. The molecule has 25 rings (SSSR count). The number of amides is 1. The number of pyridine rings is 2. The smallest absolute Gasteiger partial charge is 0.247 e. The van der Waals surface area contributed by atoms with Crippen LogP contribution in [-0.2, 0) is 28.5 Å². The van der Waals surface area contributed by atoms with E-state index in [1.54, 1.807) is 147 Å². The first kappa shape index (κ1) is 108. The van der Waals surface area contributed by atoms with Gasteiger partial charge in [0, 0.05) is 152 Å². The highest BCUT2D eigenvalue weighted by Crippen LogP contribution is 2.53. The highest BCUT2D eigenvalue weighted by molar-refractivity contribution is 7.07. The van der Waals surface area contributed by atoms with Gasteiger partial charge in [0.1, 0.15) is 19.0 Å². The molecule has 1 aromatic carbocycles. The average Bonchev–Trinajstić information content (AvgIpc) is 1.14. The zero-order chi connectivity index (χ0) is 85.6. The fourth-order valence-corrected chi connectivity index (χ4v) is 10.4. The van der Waals surface area contributed by atoms with E-state index in [1.807, 2.05) is 66.0 Å². The summed E-state index contributed by atoms with van der Waals surface area (Å²) < 4.78 is 24.9. The Hall–Kier alpha value is -8.94. The molecule has 8 saturated heterocycles. The van der Waals surface area contributed by atoms with Crippen LogP contribution in [0.4, 0.5) is 0 Å². The van der Waals surface area contributed by atoms with Crippen molar-refractivity contribution in [1.29, 1.82) is 0 Å². The van der Waals surface area contributed by atoms with Crippen LogP contribution in [0.5, 0.6) is 0 Å². The topological polar surface area (TPSA) is 366 Å². The van der Waals surface area contributed by atoms with Crippen LogP contribution in [-0.4, -0.2) is 196 Å². The maximum atomic E-state index is 10.2. The minimum atomic E-state index is -0.0532. The van der Waals surface area contributed by atoms with E-state index < -0.39 is 0 Å². The molecule has 2 bridgehead atoms. The fourth-order valence-electron chi connectivity index (χ4n) is 10.1. The van der Waals surface area contributed by atoms with Gasteiger partial charge in [0.25, 0.3) is 0 Å². The summed E-state index contributed by atoms with van der Waals surface area (Å²) in [5, 5.41) is 41.8. The second-order valence-corrected chi connectivity index (χ2v) is 29.7. The first-order valence-electron chi connectivity index (χ1n) is 45.1. The maximum absolute atomic E-state index is 10.2. The SMILES string of the molecule is C1C2CC1C2.C1CC1.C1CCC1.C1CCCCC1.C1CCCCC1.C1CCNC1.C1CCOC1.C1CCOCC1.C1CCOCC1.C1CCOCC1.C1CNC1.C1COC1.O=C1CCCN1.O=c1cccc[nH]1.c1c[nH]cn1.c1ccccc1.c1ccncc1.c1cn[nH]c1.c1cn[nH]n1.c1cn[nH]n1.c1cncnc1.c1cscn1.c1nc[nH]n1. The van der Waals surface area contributed by atoms with Crippen molar-refractivity contribution in [3.05, 3.63) is 218 Å². The lowest BCUT2D eigenvalue weighted by molar-refractivity contribution is -0.119. The van der Waals surface area contributed by atoms with E-state index in [0.29, 0.717) is 0 Å². The summed E-state index contributed by atoms with van der Waals surface area (Å²) in [5.74, 6) is 2.62. The van der Waals surface area contributed by atoms with Gasteiger partial charge in [-0.1, -0.05) is 171 Å². The van der Waals surface area contributed by atoms with Crippen LogP contribution in [0.3, 0.4) is 0 Å². The molecule has 1 amide bonds. The van der Waals surface area contributed by atoms with Crippen LogP contribution in [0.1, 0.15) is 250 Å². The lowest BCUT2D eigenvalue weighted by Gasteiger charge is -2.49. The Kier molecular flexibility index (Phi) is 86.3. The van der Waals surface area contributed by atoms with Gasteiger partial charge in [-0.2, -0.15) is 41.0 Å². The molecule has 0 spiro atoms. The van der Waals surface area contributed by atoms with Crippen molar-refractivity contribution in [2.45, 2.75) is 250 Å². The molecule has 0 atom stereocenters. The van der Waals surface area contributed by atoms with Crippen LogP contribution >= 0.6 is 11.3 Å². The van der Waals surface area contributed by atoms with Gasteiger partial charge in [0.05, 0.1) is 36.6 Å². The van der Waals surface area contributed by atoms with Crippen molar-refractivity contribution >= 4 is 17.2 Å². The second kappa shape index (κ2) is 96.5. The van der Waals surface area contributed by atoms with E-state index in [0.717, 1.165) is 85.5 Å². The molecule has 15 aliphatic rings. The largest absolute Gasteiger partial charge is 0.381 e. The lowest BCUT2D eigenvalue weighted by atomic mass is 9.56. The van der Waals surface area contributed by atoms with Crippen molar-refractivity contribution in [3.63, 3.8) is 0 Å². The molecule has 0 radical (unpaired) electrons. The van der Waals surface area contributed by atoms with Gasteiger partial charge in [-0.05, 0) is 190 Å². The van der Waals surface area contributed by atoms with Gasteiger partial charge in [0.2, 0.25) is 11.5 Å². The molecule has 7 saturated carbocycles. The van der Waals surface area contributed by atoms with E-state index in [-0.39, 0.29) is 11.5 Å². The number of hydrogen-bond donors (Lipinski definition) is 9. The molecule has 9 aromatic heterocycles. The molecule has 9 N–H and O–H groups in total.